The van der Waals surface area contributed by atoms with Gasteiger partial charge in [0.05, 0.1) is 0 Å². The molecule has 0 bridgehead atoms. The molecule has 0 spiro atoms. The molecule has 0 unspecified atom stereocenters. The molecule has 0 saturated carbocycles. The standard InChI is InChI=1S/C18H16BrNO/c1-2-9-20-10-8-15-12-17(6-7-18(15)20)21-13-14-4-3-5-16(19)11-14/h2-8,10-12H,1,9,13H2. The largest absolute Gasteiger partial charge is 0.489 e. The number of aromatic nitrogens is 1. The second-order valence-electron chi connectivity index (χ2n) is 4.90. The number of hydrogen-bond donors (Lipinski definition) is 0. The first-order chi connectivity index (χ1) is 10.3. The van der Waals surface area contributed by atoms with E-state index in [1.807, 2.05) is 24.3 Å². The average molecular weight is 342 g/mol. The lowest BCUT2D eigenvalue weighted by Gasteiger charge is -2.07. The van der Waals surface area contributed by atoms with Crippen LogP contribution in [0.5, 0.6) is 5.75 Å². The van der Waals surface area contributed by atoms with Crippen molar-refractivity contribution in [2.24, 2.45) is 0 Å². The second-order valence-corrected chi connectivity index (χ2v) is 5.81. The topological polar surface area (TPSA) is 14.2 Å². The number of halogens is 1. The van der Waals surface area contributed by atoms with Crippen molar-refractivity contribution in [1.82, 2.24) is 4.57 Å². The molecule has 0 saturated heterocycles. The zero-order valence-corrected chi connectivity index (χ0v) is 13.2. The predicted octanol–water partition coefficient (Wildman–Crippen LogP) is 5.17. The normalized spacial score (nSPS) is 10.7. The van der Waals surface area contributed by atoms with Gasteiger partial charge in [0, 0.05) is 28.1 Å². The number of allylic oxidation sites excluding steroid dienone is 1. The van der Waals surface area contributed by atoms with Gasteiger partial charge in [0.1, 0.15) is 12.4 Å². The third-order valence-corrected chi connectivity index (χ3v) is 3.86. The summed E-state index contributed by atoms with van der Waals surface area (Å²) in [4.78, 5) is 0. The molecule has 1 aromatic heterocycles. The average Bonchev–Trinajstić information content (AvgIpc) is 2.88. The lowest BCUT2D eigenvalue weighted by molar-refractivity contribution is 0.306. The van der Waals surface area contributed by atoms with Crippen LogP contribution in [-0.4, -0.2) is 4.57 Å². The van der Waals surface area contributed by atoms with Gasteiger partial charge in [-0.3, -0.25) is 0 Å². The van der Waals surface area contributed by atoms with Gasteiger partial charge in [0.2, 0.25) is 0 Å². The van der Waals surface area contributed by atoms with Crippen molar-refractivity contribution in [1.29, 1.82) is 0 Å². The number of hydrogen-bond acceptors (Lipinski definition) is 1. The maximum absolute atomic E-state index is 5.87. The fraction of sp³-hybridized carbons (Fsp3) is 0.111. The molecular formula is C18H16BrNO. The molecule has 0 radical (unpaired) electrons. The minimum Gasteiger partial charge on any atom is -0.489 e. The SMILES string of the molecule is C=CCn1ccc2cc(OCc3cccc(Br)c3)ccc21. The van der Waals surface area contributed by atoms with E-state index < -0.39 is 0 Å². The summed E-state index contributed by atoms with van der Waals surface area (Å²) in [5, 5.41) is 1.18. The van der Waals surface area contributed by atoms with Crippen molar-refractivity contribution >= 4 is 26.8 Å². The molecular weight excluding hydrogens is 326 g/mol. The van der Waals surface area contributed by atoms with Crippen molar-refractivity contribution in [3.05, 3.63) is 77.4 Å². The molecule has 3 aromatic rings. The van der Waals surface area contributed by atoms with Crippen molar-refractivity contribution < 1.29 is 4.74 Å². The van der Waals surface area contributed by atoms with E-state index in [0.29, 0.717) is 6.61 Å². The van der Waals surface area contributed by atoms with Crippen molar-refractivity contribution in [3.63, 3.8) is 0 Å². The van der Waals surface area contributed by atoms with Gasteiger partial charge in [0.15, 0.2) is 0 Å². The van der Waals surface area contributed by atoms with Gasteiger partial charge in [0.25, 0.3) is 0 Å². The maximum atomic E-state index is 5.87. The maximum Gasteiger partial charge on any atom is 0.120 e. The van der Waals surface area contributed by atoms with Crippen molar-refractivity contribution in [2.45, 2.75) is 13.2 Å². The summed E-state index contributed by atoms with van der Waals surface area (Å²) in [6.45, 7) is 5.17. The summed E-state index contributed by atoms with van der Waals surface area (Å²) in [6.07, 6.45) is 3.97. The number of benzene rings is 2. The van der Waals surface area contributed by atoms with E-state index in [0.717, 1.165) is 22.3 Å². The molecule has 0 aliphatic rings. The Hall–Kier alpha value is -2.00. The van der Waals surface area contributed by atoms with E-state index in [1.54, 1.807) is 0 Å². The molecule has 2 nitrogen and oxygen atoms in total. The van der Waals surface area contributed by atoms with Crippen LogP contribution in [0.3, 0.4) is 0 Å². The first-order valence-electron chi connectivity index (χ1n) is 6.83. The minimum atomic E-state index is 0.568. The van der Waals surface area contributed by atoms with Gasteiger partial charge in [-0.1, -0.05) is 34.1 Å². The molecule has 0 aliphatic carbocycles. The zero-order chi connectivity index (χ0) is 14.7. The Morgan fingerprint density at radius 2 is 2.05 bits per heavy atom. The van der Waals surface area contributed by atoms with Crippen LogP contribution in [0.4, 0.5) is 0 Å². The first kappa shape index (κ1) is 14.0. The van der Waals surface area contributed by atoms with Crippen LogP contribution in [0.1, 0.15) is 5.56 Å². The number of nitrogens with zero attached hydrogens (tertiary/aromatic N) is 1. The van der Waals surface area contributed by atoms with Gasteiger partial charge >= 0.3 is 0 Å². The van der Waals surface area contributed by atoms with Crippen LogP contribution < -0.4 is 4.74 Å². The summed E-state index contributed by atoms with van der Waals surface area (Å²) in [7, 11) is 0. The summed E-state index contributed by atoms with van der Waals surface area (Å²) < 4.78 is 9.11. The molecule has 0 aliphatic heterocycles. The van der Waals surface area contributed by atoms with Gasteiger partial charge in [-0.05, 0) is 42.0 Å². The van der Waals surface area contributed by atoms with Crippen molar-refractivity contribution in [3.8, 4) is 5.75 Å². The van der Waals surface area contributed by atoms with Crippen molar-refractivity contribution in [2.75, 3.05) is 0 Å². The summed E-state index contributed by atoms with van der Waals surface area (Å²) in [5.74, 6) is 0.888. The summed E-state index contributed by atoms with van der Waals surface area (Å²) >= 11 is 3.47. The van der Waals surface area contributed by atoms with E-state index in [-0.39, 0.29) is 0 Å². The fourth-order valence-electron chi connectivity index (χ4n) is 2.36. The molecule has 2 aromatic carbocycles. The van der Waals surface area contributed by atoms with E-state index in [9.17, 15) is 0 Å². The molecule has 21 heavy (non-hydrogen) atoms. The van der Waals surface area contributed by atoms with Gasteiger partial charge in [-0.25, -0.2) is 0 Å². The smallest absolute Gasteiger partial charge is 0.120 e. The highest BCUT2D eigenvalue weighted by molar-refractivity contribution is 9.10. The fourth-order valence-corrected chi connectivity index (χ4v) is 2.81. The van der Waals surface area contributed by atoms with E-state index >= 15 is 0 Å². The minimum absolute atomic E-state index is 0.568. The molecule has 1 heterocycles. The highest BCUT2D eigenvalue weighted by Gasteiger charge is 2.02. The molecule has 3 rings (SSSR count). The molecule has 3 heteroatoms. The van der Waals surface area contributed by atoms with Gasteiger partial charge < -0.3 is 9.30 Å². The quantitative estimate of drug-likeness (QED) is 0.584. The Balaban J connectivity index is 1.77. The molecule has 0 amide bonds. The Bertz CT molecular complexity index is 776. The Kier molecular flexibility index (Phi) is 4.11. The van der Waals surface area contributed by atoms with Crippen LogP contribution in [-0.2, 0) is 13.2 Å². The van der Waals surface area contributed by atoms with Gasteiger partial charge in [-0.15, -0.1) is 6.58 Å². The lowest BCUT2D eigenvalue weighted by atomic mass is 10.2. The van der Waals surface area contributed by atoms with Crippen LogP contribution in [0.25, 0.3) is 10.9 Å². The van der Waals surface area contributed by atoms with Gasteiger partial charge in [-0.2, -0.15) is 0 Å². The van der Waals surface area contributed by atoms with E-state index in [1.165, 1.54) is 10.9 Å². The Labute approximate surface area is 132 Å². The highest BCUT2D eigenvalue weighted by Crippen LogP contribution is 2.23. The van der Waals surface area contributed by atoms with Crippen LogP contribution in [0.15, 0.2) is 71.9 Å². The monoisotopic (exact) mass is 341 g/mol. The third kappa shape index (κ3) is 3.19. The third-order valence-electron chi connectivity index (χ3n) is 3.36. The van der Waals surface area contributed by atoms with E-state index in [2.05, 4.69) is 63.6 Å². The summed E-state index contributed by atoms with van der Waals surface area (Å²) in [5.41, 5.74) is 2.35. The molecule has 0 N–H and O–H groups in total. The number of ether oxygens (including phenoxy) is 1. The van der Waals surface area contributed by atoms with Crippen LogP contribution in [0, 0.1) is 0 Å². The van der Waals surface area contributed by atoms with E-state index in [4.69, 9.17) is 4.74 Å². The predicted molar refractivity (Wildman–Crippen MR) is 90.6 cm³/mol. The lowest BCUT2D eigenvalue weighted by Crippen LogP contribution is -1.96. The molecule has 0 fully saturated rings. The zero-order valence-electron chi connectivity index (χ0n) is 11.6. The molecule has 0 atom stereocenters. The molecule has 106 valence electrons. The second kappa shape index (κ2) is 6.19. The highest BCUT2D eigenvalue weighted by atomic mass is 79.9. The van der Waals surface area contributed by atoms with Crippen LogP contribution >= 0.6 is 15.9 Å². The Morgan fingerprint density at radius 1 is 1.14 bits per heavy atom. The Morgan fingerprint density at radius 3 is 2.86 bits per heavy atom. The first-order valence-corrected chi connectivity index (χ1v) is 7.62. The number of rotatable bonds is 5. The van der Waals surface area contributed by atoms with Crippen LogP contribution in [0.2, 0.25) is 0 Å². The summed E-state index contributed by atoms with van der Waals surface area (Å²) in [6, 6.07) is 16.4. The number of fused-ring (bicyclic) bond motifs is 1.